The highest BCUT2D eigenvalue weighted by atomic mass is 79.9. The molecule has 1 amide bonds. The SMILES string of the molecule is C=C(Br)CNC(=O)Cc1cc(C)ccc1OC. The summed E-state index contributed by atoms with van der Waals surface area (Å²) in [6, 6.07) is 5.79. The summed E-state index contributed by atoms with van der Waals surface area (Å²) >= 11 is 3.19. The number of rotatable bonds is 5. The second kappa shape index (κ2) is 6.45. The van der Waals surface area contributed by atoms with Gasteiger partial charge in [-0.25, -0.2) is 0 Å². The van der Waals surface area contributed by atoms with Crippen LogP contribution < -0.4 is 10.1 Å². The zero-order chi connectivity index (χ0) is 12.8. The first-order valence-corrected chi connectivity index (χ1v) is 6.05. The van der Waals surface area contributed by atoms with Crippen LogP contribution in [0.25, 0.3) is 0 Å². The molecular formula is C13H16BrNO2. The van der Waals surface area contributed by atoms with Crippen molar-refractivity contribution in [1.82, 2.24) is 5.32 Å². The lowest BCUT2D eigenvalue weighted by Crippen LogP contribution is -2.26. The van der Waals surface area contributed by atoms with E-state index >= 15 is 0 Å². The normalized spacial score (nSPS) is 9.82. The molecule has 0 spiro atoms. The zero-order valence-corrected chi connectivity index (χ0v) is 11.6. The molecule has 0 aliphatic rings. The smallest absolute Gasteiger partial charge is 0.224 e. The van der Waals surface area contributed by atoms with E-state index in [0.29, 0.717) is 13.0 Å². The predicted molar refractivity (Wildman–Crippen MR) is 72.5 cm³/mol. The maximum atomic E-state index is 11.7. The van der Waals surface area contributed by atoms with E-state index in [4.69, 9.17) is 4.74 Å². The topological polar surface area (TPSA) is 38.3 Å². The molecule has 0 aliphatic heterocycles. The number of aryl methyl sites for hydroxylation is 1. The summed E-state index contributed by atoms with van der Waals surface area (Å²) in [4.78, 5) is 11.7. The number of carbonyl (C=O) groups excluding carboxylic acids is 1. The fraction of sp³-hybridized carbons (Fsp3) is 0.308. The average molecular weight is 298 g/mol. The first kappa shape index (κ1) is 13.8. The van der Waals surface area contributed by atoms with Crippen molar-refractivity contribution in [1.29, 1.82) is 0 Å². The van der Waals surface area contributed by atoms with E-state index in [2.05, 4.69) is 27.8 Å². The van der Waals surface area contributed by atoms with Crippen molar-refractivity contribution in [2.45, 2.75) is 13.3 Å². The molecule has 0 atom stereocenters. The van der Waals surface area contributed by atoms with Crippen LogP contribution in [0.1, 0.15) is 11.1 Å². The number of amides is 1. The Morgan fingerprint density at radius 3 is 2.82 bits per heavy atom. The van der Waals surface area contributed by atoms with Crippen molar-refractivity contribution in [2.24, 2.45) is 0 Å². The number of halogens is 1. The highest BCUT2D eigenvalue weighted by molar-refractivity contribution is 9.11. The molecule has 1 aromatic carbocycles. The molecule has 0 heterocycles. The van der Waals surface area contributed by atoms with Gasteiger partial charge in [-0.2, -0.15) is 0 Å². The van der Waals surface area contributed by atoms with Crippen molar-refractivity contribution in [3.8, 4) is 5.75 Å². The first-order chi connectivity index (χ1) is 8.02. The van der Waals surface area contributed by atoms with Crippen LogP contribution >= 0.6 is 15.9 Å². The Morgan fingerprint density at radius 2 is 2.24 bits per heavy atom. The molecule has 0 saturated heterocycles. The Hall–Kier alpha value is -1.29. The fourth-order valence-corrected chi connectivity index (χ4v) is 1.62. The molecule has 0 aromatic heterocycles. The van der Waals surface area contributed by atoms with Crippen LogP contribution in [0.4, 0.5) is 0 Å². The van der Waals surface area contributed by atoms with Gasteiger partial charge in [0.25, 0.3) is 0 Å². The lowest BCUT2D eigenvalue weighted by molar-refractivity contribution is -0.120. The van der Waals surface area contributed by atoms with Crippen molar-refractivity contribution in [3.63, 3.8) is 0 Å². The van der Waals surface area contributed by atoms with Gasteiger partial charge in [0, 0.05) is 16.6 Å². The average Bonchev–Trinajstić information content (AvgIpc) is 2.27. The number of benzene rings is 1. The molecule has 1 rings (SSSR count). The molecule has 0 aliphatic carbocycles. The molecule has 0 fully saturated rings. The third-order valence-electron chi connectivity index (χ3n) is 2.26. The zero-order valence-electron chi connectivity index (χ0n) is 10.0. The summed E-state index contributed by atoms with van der Waals surface area (Å²) in [7, 11) is 1.60. The molecule has 0 bridgehead atoms. The molecule has 0 unspecified atom stereocenters. The predicted octanol–water partition coefficient (Wildman–Crippen LogP) is 2.57. The minimum absolute atomic E-state index is 0.0468. The maximum Gasteiger partial charge on any atom is 0.224 e. The minimum Gasteiger partial charge on any atom is -0.496 e. The summed E-state index contributed by atoms with van der Waals surface area (Å²) in [5.74, 6) is 0.693. The standard InChI is InChI=1S/C13H16BrNO2/c1-9-4-5-12(17-3)11(6-9)7-13(16)15-8-10(2)14/h4-6H,2,7-8H2,1,3H3,(H,15,16). The third-order valence-corrected chi connectivity index (χ3v) is 2.54. The Kier molecular flexibility index (Phi) is 5.22. The van der Waals surface area contributed by atoms with Crippen LogP contribution in [0.3, 0.4) is 0 Å². The Morgan fingerprint density at radius 1 is 1.53 bits per heavy atom. The summed E-state index contributed by atoms with van der Waals surface area (Å²) in [6.45, 7) is 6.08. The van der Waals surface area contributed by atoms with Gasteiger partial charge in [0.1, 0.15) is 5.75 Å². The van der Waals surface area contributed by atoms with Crippen LogP contribution in [0.2, 0.25) is 0 Å². The maximum absolute atomic E-state index is 11.7. The van der Waals surface area contributed by atoms with E-state index in [-0.39, 0.29) is 5.91 Å². The van der Waals surface area contributed by atoms with Crippen LogP contribution in [-0.4, -0.2) is 19.6 Å². The summed E-state index contributed by atoms with van der Waals surface area (Å²) in [5, 5.41) is 2.76. The Labute approximate surface area is 110 Å². The Bertz CT molecular complexity index is 429. The van der Waals surface area contributed by atoms with Gasteiger partial charge in [0.2, 0.25) is 5.91 Å². The molecule has 0 saturated carbocycles. The van der Waals surface area contributed by atoms with Gasteiger partial charge >= 0.3 is 0 Å². The largest absolute Gasteiger partial charge is 0.496 e. The fourth-order valence-electron chi connectivity index (χ4n) is 1.48. The van der Waals surface area contributed by atoms with Gasteiger partial charge in [0.05, 0.1) is 13.5 Å². The van der Waals surface area contributed by atoms with E-state index in [1.54, 1.807) is 7.11 Å². The van der Waals surface area contributed by atoms with Crippen molar-refractivity contribution in [2.75, 3.05) is 13.7 Å². The van der Waals surface area contributed by atoms with Crippen LogP contribution in [0, 0.1) is 6.92 Å². The van der Waals surface area contributed by atoms with Crippen molar-refractivity contribution < 1.29 is 9.53 Å². The van der Waals surface area contributed by atoms with Gasteiger partial charge in [-0.05, 0) is 13.0 Å². The number of ether oxygens (including phenoxy) is 1. The van der Waals surface area contributed by atoms with Gasteiger partial charge in [-0.15, -0.1) is 0 Å². The first-order valence-electron chi connectivity index (χ1n) is 5.26. The van der Waals surface area contributed by atoms with E-state index < -0.39 is 0 Å². The molecule has 4 heteroatoms. The monoisotopic (exact) mass is 297 g/mol. The number of hydrogen-bond acceptors (Lipinski definition) is 2. The number of hydrogen-bond donors (Lipinski definition) is 1. The second-order valence-electron chi connectivity index (χ2n) is 3.79. The quantitative estimate of drug-likeness (QED) is 0.907. The summed E-state index contributed by atoms with van der Waals surface area (Å²) in [6.07, 6.45) is 0.311. The van der Waals surface area contributed by atoms with Crippen LogP contribution in [0.15, 0.2) is 29.3 Å². The number of nitrogens with one attached hydrogen (secondary N) is 1. The number of carbonyl (C=O) groups is 1. The lowest BCUT2D eigenvalue weighted by Gasteiger charge is -2.09. The van der Waals surface area contributed by atoms with Crippen molar-refractivity contribution >= 4 is 21.8 Å². The lowest BCUT2D eigenvalue weighted by atomic mass is 10.1. The molecule has 1 aromatic rings. The van der Waals surface area contributed by atoms with Crippen LogP contribution in [-0.2, 0) is 11.2 Å². The van der Waals surface area contributed by atoms with Gasteiger partial charge in [0.15, 0.2) is 0 Å². The molecule has 1 N–H and O–H groups in total. The van der Waals surface area contributed by atoms with E-state index in [0.717, 1.165) is 21.4 Å². The third kappa shape index (κ3) is 4.61. The Balaban J connectivity index is 2.69. The summed E-state index contributed by atoms with van der Waals surface area (Å²) in [5.41, 5.74) is 2.00. The minimum atomic E-state index is -0.0468. The molecule has 3 nitrogen and oxygen atoms in total. The molecular weight excluding hydrogens is 282 g/mol. The molecule has 0 radical (unpaired) electrons. The van der Waals surface area contributed by atoms with Gasteiger partial charge in [-0.3, -0.25) is 4.79 Å². The highest BCUT2D eigenvalue weighted by Gasteiger charge is 2.08. The number of methoxy groups -OCH3 is 1. The highest BCUT2D eigenvalue weighted by Crippen LogP contribution is 2.20. The van der Waals surface area contributed by atoms with Gasteiger partial charge in [-0.1, -0.05) is 40.2 Å². The van der Waals surface area contributed by atoms with Crippen molar-refractivity contribution in [3.05, 3.63) is 40.4 Å². The second-order valence-corrected chi connectivity index (χ2v) is 4.91. The van der Waals surface area contributed by atoms with Gasteiger partial charge < -0.3 is 10.1 Å². The molecule has 17 heavy (non-hydrogen) atoms. The summed E-state index contributed by atoms with van der Waals surface area (Å²) < 4.78 is 5.97. The van der Waals surface area contributed by atoms with E-state index in [9.17, 15) is 4.79 Å². The molecule has 92 valence electrons. The van der Waals surface area contributed by atoms with E-state index in [1.807, 2.05) is 25.1 Å². The van der Waals surface area contributed by atoms with E-state index in [1.165, 1.54) is 0 Å². The van der Waals surface area contributed by atoms with Crippen LogP contribution in [0.5, 0.6) is 5.75 Å².